The van der Waals surface area contributed by atoms with Crippen molar-refractivity contribution in [3.63, 3.8) is 0 Å². The second kappa shape index (κ2) is 9.08. The lowest BCUT2D eigenvalue weighted by Gasteiger charge is -2.22. The summed E-state index contributed by atoms with van der Waals surface area (Å²) in [5.41, 5.74) is 0.306. The smallest absolute Gasteiger partial charge is 0.325 e. The van der Waals surface area contributed by atoms with Crippen LogP contribution in [0.15, 0.2) is 47.3 Å². The summed E-state index contributed by atoms with van der Waals surface area (Å²) in [7, 11) is 4.28. The molecule has 3 rings (SSSR count). The number of methoxy groups -OCH3 is 3. The SMILES string of the molecule is COC(=O)CN(Cc1cc(OC)cc(OC)c1)C(=O)c1n[nH]c(=O)c2ccccc12. The van der Waals surface area contributed by atoms with E-state index in [0.29, 0.717) is 27.8 Å². The second-order valence-electron chi connectivity index (χ2n) is 6.41. The lowest BCUT2D eigenvalue weighted by Crippen LogP contribution is -2.37. The van der Waals surface area contributed by atoms with E-state index in [1.54, 1.807) is 42.5 Å². The van der Waals surface area contributed by atoms with Crippen LogP contribution in [0.3, 0.4) is 0 Å². The number of hydrogen-bond acceptors (Lipinski definition) is 7. The van der Waals surface area contributed by atoms with Crippen LogP contribution >= 0.6 is 0 Å². The highest BCUT2D eigenvalue weighted by atomic mass is 16.5. The number of nitrogens with zero attached hydrogens (tertiary/aromatic N) is 2. The summed E-state index contributed by atoms with van der Waals surface area (Å²) in [5, 5.41) is 7.00. The molecule has 9 heteroatoms. The zero-order valence-corrected chi connectivity index (χ0v) is 16.8. The predicted molar refractivity (Wildman–Crippen MR) is 109 cm³/mol. The molecule has 156 valence electrons. The summed E-state index contributed by atoms with van der Waals surface area (Å²) in [4.78, 5) is 38.6. The summed E-state index contributed by atoms with van der Waals surface area (Å²) in [6, 6.07) is 11.8. The highest BCUT2D eigenvalue weighted by Gasteiger charge is 2.24. The third-order valence-corrected chi connectivity index (χ3v) is 4.52. The van der Waals surface area contributed by atoms with Crippen molar-refractivity contribution in [1.29, 1.82) is 0 Å². The topological polar surface area (TPSA) is 111 Å². The number of ether oxygens (including phenoxy) is 3. The molecule has 0 fully saturated rings. The van der Waals surface area contributed by atoms with E-state index >= 15 is 0 Å². The average molecular weight is 411 g/mol. The third kappa shape index (κ3) is 4.40. The molecule has 1 heterocycles. The quantitative estimate of drug-likeness (QED) is 0.590. The van der Waals surface area contributed by atoms with Crippen molar-refractivity contribution >= 4 is 22.6 Å². The van der Waals surface area contributed by atoms with Crippen molar-refractivity contribution in [3.05, 3.63) is 64.1 Å². The van der Waals surface area contributed by atoms with Crippen LogP contribution in [0.4, 0.5) is 0 Å². The maximum absolute atomic E-state index is 13.3. The summed E-state index contributed by atoms with van der Waals surface area (Å²) in [6.07, 6.45) is 0. The van der Waals surface area contributed by atoms with Gasteiger partial charge in [0.1, 0.15) is 18.0 Å². The Hall–Kier alpha value is -3.88. The fourth-order valence-corrected chi connectivity index (χ4v) is 3.03. The Morgan fingerprint density at radius 3 is 2.23 bits per heavy atom. The zero-order chi connectivity index (χ0) is 21.7. The molecule has 0 aliphatic rings. The Bertz CT molecular complexity index is 1120. The van der Waals surface area contributed by atoms with Gasteiger partial charge in [0.2, 0.25) is 0 Å². The molecule has 0 aliphatic heterocycles. The molecule has 0 radical (unpaired) electrons. The molecule has 0 saturated heterocycles. The van der Waals surface area contributed by atoms with Crippen LogP contribution in [-0.2, 0) is 16.1 Å². The van der Waals surface area contributed by atoms with Gasteiger partial charge in [0.15, 0.2) is 5.69 Å². The van der Waals surface area contributed by atoms with Gasteiger partial charge in [-0.15, -0.1) is 0 Å². The zero-order valence-electron chi connectivity index (χ0n) is 16.8. The van der Waals surface area contributed by atoms with Crippen LogP contribution in [0.5, 0.6) is 11.5 Å². The number of hydrogen-bond donors (Lipinski definition) is 1. The minimum Gasteiger partial charge on any atom is -0.497 e. The number of nitrogens with one attached hydrogen (secondary N) is 1. The number of aromatic nitrogens is 2. The van der Waals surface area contributed by atoms with Crippen LogP contribution in [0.2, 0.25) is 0 Å². The predicted octanol–water partition coefficient (Wildman–Crippen LogP) is 1.76. The van der Waals surface area contributed by atoms with Crippen molar-refractivity contribution in [2.24, 2.45) is 0 Å². The van der Waals surface area contributed by atoms with Crippen molar-refractivity contribution in [2.45, 2.75) is 6.54 Å². The van der Waals surface area contributed by atoms with Crippen LogP contribution in [0.1, 0.15) is 16.1 Å². The molecule has 0 aliphatic carbocycles. The first kappa shape index (κ1) is 20.8. The first-order valence-corrected chi connectivity index (χ1v) is 9.02. The van der Waals surface area contributed by atoms with Crippen LogP contribution < -0.4 is 15.0 Å². The van der Waals surface area contributed by atoms with Crippen molar-refractivity contribution in [2.75, 3.05) is 27.9 Å². The molecule has 0 saturated carbocycles. The van der Waals surface area contributed by atoms with Crippen molar-refractivity contribution < 1.29 is 23.8 Å². The molecule has 1 amide bonds. The van der Waals surface area contributed by atoms with E-state index in [2.05, 4.69) is 10.2 Å². The Labute approximate surface area is 172 Å². The molecule has 0 spiro atoms. The van der Waals surface area contributed by atoms with E-state index in [9.17, 15) is 14.4 Å². The van der Waals surface area contributed by atoms with Gasteiger partial charge in [0, 0.05) is 18.0 Å². The standard InChI is InChI=1S/C21H21N3O6/c1-28-14-8-13(9-15(10-14)29-2)11-24(12-18(25)30-3)21(27)19-16-6-4-5-7-17(16)20(26)23-22-19/h4-10H,11-12H2,1-3H3,(H,23,26). The number of carbonyl (C=O) groups is 2. The third-order valence-electron chi connectivity index (χ3n) is 4.52. The van der Waals surface area contributed by atoms with Crippen molar-refractivity contribution in [3.8, 4) is 11.5 Å². The van der Waals surface area contributed by atoms with E-state index in [0.717, 1.165) is 0 Å². The van der Waals surface area contributed by atoms with Gasteiger partial charge in [0.05, 0.1) is 26.7 Å². The van der Waals surface area contributed by atoms with E-state index in [1.165, 1.54) is 26.2 Å². The molecular formula is C21H21N3O6. The Kier molecular flexibility index (Phi) is 6.31. The number of H-pyrrole nitrogens is 1. The maximum atomic E-state index is 13.3. The molecule has 0 bridgehead atoms. The van der Waals surface area contributed by atoms with Gasteiger partial charge < -0.3 is 19.1 Å². The van der Waals surface area contributed by atoms with Gasteiger partial charge in [-0.2, -0.15) is 5.10 Å². The number of amides is 1. The largest absolute Gasteiger partial charge is 0.497 e. The van der Waals surface area contributed by atoms with Gasteiger partial charge in [-0.3, -0.25) is 14.4 Å². The number of fused-ring (bicyclic) bond motifs is 1. The fourth-order valence-electron chi connectivity index (χ4n) is 3.03. The highest BCUT2D eigenvalue weighted by molar-refractivity contribution is 6.05. The fraction of sp³-hybridized carbons (Fsp3) is 0.238. The monoisotopic (exact) mass is 411 g/mol. The van der Waals surface area contributed by atoms with E-state index in [1.807, 2.05) is 0 Å². The molecule has 0 unspecified atom stereocenters. The van der Waals surface area contributed by atoms with E-state index in [4.69, 9.17) is 14.2 Å². The molecule has 30 heavy (non-hydrogen) atoms. The minimum atomic E-state index is -0.591. The lowest BCUT2D eigenvalue weighted by molar-refractivity contribution is -0.141. The van der Waals surface area contributed by atoms with Gasteiger partial charge >= 0.3 is 5.97 Å². The summed E-state index contributed by atoms with van der Waals surface area (Å²) in [6.45, 7) is -0.235. The molecule has 3 aromatic rings. The summed E-state index contributed by atoms with van der Waals surface area (Å²) >= 11 is 0. The van der Waals surface area contributed by atoms with Gasteiger partial charge in [0.25, 0.3) is 11.5 Å². The van der Waals surface area contributed by atoms with Crippen LogP contribution in [0, 0.1) is 0 Å². The molecule has 9 nitrogen and oxygen atoms in total. The van der Waals surface area contributed by atoms with Gasteiger partial charge in [-0.25, -0.2) is 5.10 Å². The average Bonchev–Trinajstić information content (AvgIpc) is 2.78. The highest BCUT2D eigenvalue weighted by Crippen LogP contribution is 2.24. The summed E-state index contributed by atoms with van der Waals surface area (Å²) in [5.74, 6) is -0.0357. The Balaban J connectivity index is 2.03. The second-order valence-corrected chi connectivity index (χ2v) is 6.41. The Morgan fingerprint density at radius 1 is 1.00 bits per heavy atom. The first-order chi connectivity index (χ1) is 14.5. The number of esters is 1. The Morgan fingerprint density at radius 2 is 1.63 bits per heavy atom. The van der Waals surface area contributed by atoms with Gasteiger partial charge in [-0.05, 0) is 23.8 Å². The first-order valence-electron chi connectivity index (χ1n) is 9.02. The maximum Gasteiger partial charge on any atom is 0.325 e. The molecule has 2 aromatic carbocycles. The van der Waals surface area contributed by atoms with Crippen LogP contribution in [0.25, 0.3) is 10.8 Å². The number of aromatic amines is 1. The van der Waals surface area contributed by atoms with Crippen LogP contribution in [-0.4, -0.2) is 54.8 Å². The lowest BCUT2D eigenvalue weighted by atomic mass is 10.1. The van der Waals surface area contributed by atoms with Crippen molar-refractivity contribution in [1.82, 2.24) is 15.1 Å². The minimum absolute atomic E-state index is 0.0314. The number of benzene rings is 2. The summed E-state index contributed by atoms with van der Waals surface area (Å²) < 4.78 is 15.3. The van der Waals surface area contributed by atoms with Gasteiger partial charge in [-0.1, -0.05) is 18.2 Å². The number of carbonyl (C=O) groups excluding carboxylic acids is 2. The number of rotatable bonds is 7. The molecular weight excluding hydrogens is 390 g/mol. The molecule has 0 atom stereocenters. The molecule has 1 aromatic heterocycles. The normalized spacial score (nSPS) is 10.5. The van der Waals surface area contributed by atoms with E-state index < -0.39 is 17.4 Å². The molecule has 1 N–H and O–H groups in total. The van der Waals surface area contributed by atoms with E-state index in [-0.39, 0.29) is 18.8 Å².